The van der Waals surface area contributed by atoms with E-state index in [4.69, 9.17) is 4.42 Å². The van der Waals surface area contributed by atoms with Crippen LogP contribution in [-0.4, -0.2) is 17.2 Å². The summed E-state index contributed by atoms with van der Waals surface area (Å²) in [5.74, 6) is 0.287. The van der Waals surface area contributed by atoms with Crippen molar-refractivity contribution in [2.24, 2.45) is 0 Å². The lowest BCUT2D eigenvalue weighted by atomic mass is 10.2. The minimum Gasteiger partial charge on any atom is -0.406 e. The van der Waals surface area contributed by atoms with Crippen LogP contribution in [0.2, 0.25) is 0 Å². The van der Waals surface area contributed by atoms with E-state index in [1.54, 1.807) is 7.05 Å². The number of nitrogens with one attached hydrogen (secondary N) is 2. The van der Waals surface area contributed by atoms with Crippen molar-refractivity contribution in [1.82, 2.24) is 15.5 Å². The Bertz CT molecular complexity index is 553. The number of aromatic nitrogens is 2. The monoisotopic (exact) mass is 272 g/mol. The molecular weight excluding hydrogens is 261 g/mol. The molecule has 0 atom stereocenters. The van der Waals surface area contributed by atoms with Gasteiger partial charge in [-0.3, -0.25) is 0 Å². The summed E-state index contributed by atoms with van der Waals surface area (Å²) < 4.78 is 43.4. The summed E-state index contributed by atoms with van der Waals surface area (Å²) >= 11 is 0. The third-order valence-electron chi connectivity index (χ3n) is 2.27. The molecule has 0 bridgehead atoms. The second-order valence-electron chi connectivity index (χ2n) is 3.70. The van der Waals surface area contributed by atoms with Gasteiger partial charge in [0.1, 0.15) is 0 Å². The molecule has 2 N–H and O–H groups in total. The average molecular weight is 272 g/mol. The molecule has 0 amide bonds. The smallest absolute Gasteiger partial charge is 0.406 e. The second-order valence-corrected chi connectivity index (χ2v) is 3.70. The zero-order chi connectivity index (χ0) is 13.9. The summed E-state index contributed by atoms with van der Waals surface area (Å²) in [6, 6.07) is 5.00. The Kier molecular flexibility index (Phi) is 3.70. The highest BCUT2D eigenvalue weighted by molar-refractivity contribution is 5.58. The van der Waals surface area contributed by atoms with Crippen molar-refractivity contribution in [3.8, 4) is 0 Å². The second kappa shape index (κ2) is 5.27. The third-order valence-corrected chi connectivity index (χ3v) is 2.27. The molecule has 8 heteroatoms. The molecule has 0 radical (unpaired) electrons. The van der Waals surface area contributed by atoms with Gasteiger partial charge in [-0.25, -0.2) is 0 Å². The van der Waals surface area contributed by atoms with Crippen molar-refractivity contribution >= 4 is 11.7 Å². The van der Waals surface area contributed by atoms with Gasteiger partial charge in [-0.05, 0) is 19.2 Å². The number of hydrogen-bond donors (Lipinski definition) is 2. The number of benzene rings is 1. The summed E-state index contributed by atoms with van der Waals surface area (Å²) in [5.41, 5.74) is -0.918. The molecule has 19 heavy (non-hydrogen) atoms. The van der Waals surface area contributed by atoms with E-state index in [1.165, 1.54) is 18.2 Å². The lowest BCUT2D eigenvalue weighted by molar-refractivity contribution is -0.136. The molecule has 0 spiro atoms. The SMILES string of the molecule is CNCc1nnc(Nc2ccccc2C(F)(F)F)o1. The molecule has 0 aliphatic heterocycles. The van der Waals surface area contributed by atoms with Crippen LogP contribution in [0.1, 0.15) is 11.5 Å². The highest BCUT2D eigenvalue weighted by atomic mass is 19.4. The van der Waals surface area contributed by atoms with Crippen LogP contribution in [0.4, 0.5) is 24.9 Å². The van der Waals surface area contributed by atoms with Crippen LogP contribution in [0.25, 0.3) is 0 Å². The number of rotatable bonds is 4. The molecule has 0 aliphatic carbocycles. The maximum absolute atomic E-state index is 12.8. The normalized spacial score (nSPS) is 11.6. The molecule has 0 aliphatic rings. The standard InChI is InChI=1S/C11H11F3N4O/c1-15-6-9-17-18-10(19-9)16-8-5-3-2-4-7(8)11(12,13)14/h2-5,15H,6H2,1H3,(H,16,18). The highest BCUT2D eigenvalue weighted by Gasteiger charge is 2.33. The van der Waals surface area contributed by atoms with E-state index in [0.717, 1.165) is 6.07 Å². The fraction of sp³-hybridized carbons (Fsp3) is 0.273. The van der Waals surface area contributed by atoms with Gasteiger partial charge in [-0.1, -0.05) is 17.2 Å². The van der Waals surface area contributed by atoms with Crippen molar-refractivity contribution in [3.63, 3.8) is 0 Å². The Morgan fingerprint density at radius 1 is 1.21 bits per heavy atom. The number of anilines is 2. The van der Waals surface area contributed by atoms with Crippen molar-refractivity contribution in [2.75, 3.05) is 12.4 Å². The van der Waals surface area contributed by atoms with Crippen molar-refractivity contribution < 1.29 is 17.6 Å². The summed E-state index contributed by atoms with van der Waals surface area (Å²) in [5, 5.41) is 12.6. The van der Waals surface area contributed by atoms with Gasteiger partial charge >= 0.3 is 12.2 Å². The predicted octanol–water partition coefficient (Wildman–Crippen LogP) is 2.55. The zero-order valence-electron chi connectivity index (χ0n) is 9.95. The molecule has 0 fully saturated rings. The third kappa shape index (κ3) is 3.22. The number of nitrogens with zero attached hydrogens (tertiary/aromatic N) is 2. The zero-order valence-corrected chi connectivity index (χ0v) is 9.95. The summed E-state index contributed by atoms with van der Waals surface area (Å²) in [6.45, 7) is 0.343. The highest BCUT2D eigenvalue weighted by Crippen LogP contribution is 2.35. The fourth-order valence-corrected chi connectivity index (χ4v) is 1.48. The molecule has 1 aromatic carbocycles. The van der Waals surface area contributed by atoms with E-state index in [2.05, 4.69) is 20.8 Å². The van der Waals surface area contributed by atoms with Crippen LogP contribution < -0.4 is 10.6 Å². The first-order valence-corrected chi connectivity index (χ1v) is 5.41. The fourth-order valence-electron chi connectivity index (χ4n) is 1.48. The number of alkyl halides is 3. The van der Waals surface area contributed by atoms with Crippen molar-refractivity contribution in [1.29, 1.82) is 0 Å². The van der Waals surface area contributed by atoms with Crippen molar-refractivity contribution in [2.45, 2.75) is 12.7 Å². The quantitative estimate of drug-likeness (QED) is 0.895. The first kappa shape index (κ1) is 13.3. The van der Waals surface area contributed by atoms with E-state index in [0.29, 0.717) is 6.54 Å². The van der Waals surface area contributed by atoms with E-state index in [1.807, 2.05) is 0 Å². The average Bonchev–Trinajstić information content (AvgIpc) is 2.76. The molecule has 1 aromatic heterocycles. The van der Waals surface area contributed by atoms with Crippen LogP contribution in [0.5, 0.6) is 0 Å². The van der Waals surface area contributed by atoms with Crippen LogP contribution in [0, 0.1) is 0 Å². The Hall–Kier alpha value is -2.09. The van der Waals surface area contributed by atoms with Gasteiger partial charge in [0.25, 0.3) is 0 Å². The van der Waals surface area contributed by atoms with Gasteiger partial charge in [-0.15, -0.1) is 5.10 Å². The van der Waals surface area contributed by atoms with Crippen LogP contribution in [0.15, 0.2) is 28.7 Å². The molecule has 2 aromatic rings. The van der Waals surface area contributed by atoms with Gasteiger partial charge in [-0.2, -0.15) is 13.2 Å². The maximum atomic E-state index is 12.8. The first-order chi connectivity index (χ1) is 9.00. The molecule has 2 rings (SSSR count). The molecule has 0 saturated carbocycles. The summed E-state index contributed by atoms with van der Waals surface area (Å²) in [7, 11) is 1.69. The Labute approximate surface area is 106 Å². The lowest BCUT2D eigenvalue weighted by Crippen LogP contribution is -2.08. The summed E-state index contributed by atoms with van der Waals surface area (Å²) in [4.78, 5) is 0. The predicted molar refractivity (Wildman–Crippen MR) is 61.8 cm³/mol. The van der Waals surface area contributed by atoms with E-state index >= 15 is 0 Å². The molecule has 0 unspecified atom stereocenters. The lowest BCUT2D eigenvalue weighted by Gasteiger charge is -2.11. The molecule has 1 heterocycles. The molecular formula is C11H11F3N4O. The Morgan fingerprint density at radius 2 is 1.95 bits per heavy atom. The topological polar surface area (TPSA) is 63.0 Å². The number of para-hydroxylation sites is 1. The van der Waals surface area contributed by atoms with Gasteiger partial charge in [0.05, 0.1) is 17.8 Å². The van der Waals surface area contributed by atoms with E-state index in [-0.39, 0.29) is 17.6 Å². The Balaban J connectivity index is 2.23. The van der Waals surface area contributed by atoms with Gasteiger partial charge in [0, 0.05) is 0 Å². The Morgan fingerprint density at radius 3 is 2.63 bits per heavy atom. The maximum Gasteiger partial charge on any atom is 0.418 e. The van der Waals surface area contributed by atoms with Crippen molar-refractivity contribution in [3.05, 3.63) is 35.7 Å². The van der Waals surface area contributed by atoms with Crippen LogP contribution in [-0.2, 0) is 12.7 Å². The molecule has 0 saturated heterocycles. The van der Waals surface area contributed by atoms with E-state index in [9.17, 15) is 13.2 Å². The van der Waals surface area contributed by atoms with Crippen LogP contribution >= 0.6 is 0 Å². The van der Waals surface area contributed by atoms with Crippen LogP contribution in [0.3, 0.4) is 0 Å². The number of halogens is 3. The first-order valence-electron chi connectivity index (χ1n) is 5.41. The summed E-state index contributed by atoms with van der Waals surface area (Å²) in [6.07, 6.45) is -4.45. The number of hydrogen-bond acceptors (Lipinski definition) is 5. The molecule has 5 nitrogen and oxygen atoms in total. The minimum atomic E-state index is -4.45. The largest absolute Gasteiger partial charge is 0.418 e. The van der Waals surface area contributed by atoms with Gasteiger partial charge in [0.2, 0.25) is 5.89 Å². The van der Waals surface area contributed by atoms with Gasteiger partial charge < -0.3 is 15.1 Å². The molecule has 102 valence electrons. The van der Waals surface area contributed by atoms with Gasteiger partial charge in [0.15, 0.2) is 0 Å². The van der Waals surface area contributed by atoms with E-state index < -0.39 is 11.7 Å². The minimum absolute atomic E-state index is 0.0815.